The minimum absolute atomic E-state index is 0.615. The van der Waals surface area contributed by atoms with Gasteiger partial charge >= 0.3 is 0 Å². The molecule has 0 unspecified atom stereocenters. The van der Waals surface area contributed by atoms with Crippen LogP contribution < -0.4 is 5.32 Å². The first kappa shape index (κ1) is 16.7. The molecule has 6 nitrogen and oxygen atoms in total. The number of hydrogen-bond acceptors (Lipinski definition) is 3. The SMILES string of the molecule is CN=C(NCc1nnc2ccccn12)N(C)CC1CCC(C)CC1. The van der Waals surface area contributed by atoms with E-state index in [-0.39, 0.29) is 0 Å². The standard InChI is InChI=1S/C18H28N6/c1-14-7-9-15(10-8-14)13-23(3)18(19-2)20-12-17-22-21-16-6-4-5-11-24(16)17/h4-6,11,14-15H,7-10,12-13H2,1-3H3,(H,19,20). The maximum Gasteiger partial charge on any atom is 0.193 e. The van der Waals surface area contributed by atoms with Crippen molar-refractivity contribution >= 4 is 11.6 Å². The lowest BCUT2D eigenvalue weighted by Crippen LogP contribution is -2.41. The van der Waals surface area contributed by atoms with Crippen LogP contribution in [-0.4, -0.2) is 46.1 Å². The lowest BCUT2D eigenvalue weighted by Gasteiger charge is -2.31. The number of pyridine rings is 1. The molecule has 3 rings (SSSR count). The van der Waals surface area contributed by atoms with Crippen LogP contribution in [-0.2, 0) is 6.54 Å². The molecule has 2 heterocycles. The Morgan fingerprint density at radius 1 is 1.29 bits per heavy atom. The lowest BCUT2D eigenvalue weighted by atomic mass is 9.83. The van der Waals surface area contributed by atoms with E-state index in [1.807, 2.05) is 35.8 Å². The first-order valence-electron chi connectivity index (χ1n) is 8.87. The van der Waals surface area contributed by atoms with Gasteiger partial charge in [-0.1, -0.05) is 25.8 Å². The number of rotatable bonds is 4. The summed E-state index contributed by atoms with van der Waals surface area (Å²) in [5.74, 6) is 3.48. The number of guanidine groups is 1. The molecule has 1 saturated carbocycles. The average Bonchev–Trinajstić information content (AvgIpc) is 3.01. The Labute approximate surface area is 144 Å². The van der Waals surface area contributed by atoms with E-state index in [2.05, 4.69) is 39.4 Å². The Morgan fingerprint density at radius 3 is 2.83 bits per heavy atom. The van der Waals surface area contributed by atoms with E-state index in [1.165, 1.54) is 25.7 Å². The van der Waals surface area contributed by atoms with Crippen molar-refractivity contribution in [1.29, 1.82) is 0 Å². The molecule has 0 amide bonds. The number of fused-ring (bicyclic) bond motifs is 1. The second-order valence-corrected chi connectivity index (χ2v) is 6.95. The van der Waals surface area contributed by atoms with Crippen LogP contribution in [0.1, 0.15) is 38.4 Å². The maximum atomic E-state index is 4.42. The molecule has 1 aliphatic rings. The molecule has 0 aromatic carbocycles. The molecule has 24 heavy (non-hydrogen) atoms. The molecular formula is C18H28N6. The summed E-state index contributed by atoms with van der Waals surface area (Å²) in [4.78, 5) is 6.66. The topological polar surface area (TPSA) is 57.8 Å². The summed E-state index contributed by atoms with van der Waals surface area (Å²) in [6, 6.07) is 5.92. The molecule has 1 aliphatic carbocycles. The molecule has 0 atom stereocenters. The Hall–Kier alpha value is -2.11. The molecule has 6 heteroatoms. The summed E-state index contributed by atoms with van der Waals surface area (Å²) < 4.78 is 2.00. The van der Waals surface area contributed by atoms with Gasteiger partial charge in [0.15, 0.2) is 17.4 Å². The van der Waals surface area contributed by atoms with Crippen LogP contribution in [0.5, 0.6) is 0 Å². The molecule has 0 bridgehead atoms. The highest BCUT2D eigenvalue weighted by Crippen LogP contribution is 2.28. The monoisotopic (exact) mass is 328 g/mol. The highest BCUT2D eigenvalue weighted by Gasteiger charge is 2.20. The fourth-order valence-electron chi connectivity index (χ4n) is 3.54. The maximum absolute atomic E-state index is 4.42. The van der Waals surface area contributed by atoms with E-state index >= 15 is 0 Å². The second-order valence-electron chi connectivity index (χ2n) is 6.95. The zero-order chi connectivity index (χ0) is 16.9. The zero-order valence-corrected chi connectivity index (χ0v) is 14.9. The molecule has 1 N–H and O–H groups in total. The quantitative estimate of drug-likeness (QED) is 0.692. The van der Waals surface area contributed by atoms with Gasteiger partial charge in [-0.3, -0.25) is 9.39 Å². The van der Waals surface area contributed by atoms with Gasteiger partial charge in [0.2, 0.25) is 0 Å². The summed E-state index contributed by atoms with van der Waals surface area (Å²) in [5, 5.41) is 11.9. The molecule has 0 aliphatic heterocycles. The predicted molar refractivity (Wildman–Crippen MR) is 96.9 cm³/mol. The summed E-state index contributed by atoms with van der Waals surface area (Å²) in [6.45, 7) is 4.04. The third kappa shape index (κ3) is 3.86. The van der Waals surface area contributed by atoms with Gasteiger partial charge in [-0.15, -0.1) is 10.2 Å². The van der Waals surface area contributed by atoms with Gasteiger partial charge in [0.05, 0.1) is 6.54 Å². The first-order valence-corrected chi connectivity index (χ1v) is 8.87. The highest BCUT2D eigenvalue weighted by molar-refractivity contribution is 5.79. The molecule has 1 fully saturated rings. The third-order valence-corrected chi connectivity index (χ3v) is 5.03. The average molecular weight is 328 g/mol. The Kier molecular flexibility index (Phi) is 5.33. The minimum atomic E-state index is 0.615. The van der Waals surface area contributed by atoms with Crippen LogP contribution in [0.4, 0.5) is 0 Å². The highest BCUT2D eigenvalue weighted by atomic mass is 15.3. The number of hydrogen-bond donors (Lipinski definition) is 1. The van der Waals surface area contributed by atoms with Crippen LogP contribution in [0.2, 0.25) is 0 Å². The van der Waals surface area contributed by atoms with Crippen molar-refractivity contribution in [1.82, 2.24) is 24.8 Å². The van der Waals surface area contributed by atoms with Crippen LogP contribution in [0.25, 0.3) is 5.65 Å². The molecule has 0 spiro atoms. The van der Waals surface area contributed by atoms with Gasteiger partial charge in [0.25, 0.3) is 0 Å². The molecule has 2 aromatic heterocycles. The van der Waals surface area contributed by atoms with Crippen molar-refractivity contribution in [3.8, 4) is 0 Å². The minimum Gasteiger partial charge on any atom is -0.349 e. The summed E-state index contributed by atoms with van der Waals surface area (Å²) >= 11 is 0. The zero-order valence-electron chi connectivity index (χ0n) is 14.9. The number of nitrogens with zero attached hydrogens (tertiary/aromatic N) is 5. The Bertz CT molecular complexity index is 684. The van der Waals surface area contributed by atoms with E-state index in [9.17, 15) is 0 Å². The van der Waals surface area contributed by atoms with E-state index in [4.69, 9.17) is 0 Å². The van der Waals surface area contributed by atoms with E-state index in [0.717, 1.165) is 35.8 Å². The van der Waals surface area contributed by atoms with Gasteiger partial charge in [0.1, 0.15) is 0 Å². The first-order chi connectivity index (χ1) is 11.7. The molecular weight excluding hydrogens is 300 g/mol. The molecule has 2 aromatic rings. The predicted octanol–water partition coefficient (Wildman–Crippen LogP) is 2.56. The Balaban J connectivity index is 1.56. The largest absolute Gasteiger partial charge is 0.349 e. The van der Waals surface area contributed by atoms with Crippen molar-refractivity contribution in [3.05, 3.63) is 30.2 Å². The Morgan fingerprint density at radius 2 is 2.08 bits per heavy atom. The van der Waals surface area contributed by atoms with Crippen molar-refractivity contribution in [2.24, 2.45) is 16.8 Å². The van der Waals surface area contributed by atoms with Crippen LogP contribution in [0.3, 0.4) is 0 Å². The van der Waals surface area contributed by atoms with E-state index in [1.54, 1.807) is 0 Å². The molecule has 0 saturated heterocycles. The fourth-order valence-corrected chi connectivity index (χ4v) is 3.54. The summed E-state index contributed by atoms with van der Waals surface area (Å²) in [6.07, 6.45) is 7.36. The van der Waals surface area contributed by atoms with Gasteiger partial charge in [-0.2, -0.15) is 0 Å². The number of aromatic nitrogens is 3. The number of nitrogens with one attached hydrogen (secondary N) is 1. The number of aliphatic imine (C=N–C) groups is 1. The van der Waals surface area contributed by atoms with Crippen LogP contribution in [0.15, 0.2) is 29.4 Å². The van der Waals surface area contributed by atoms with Gasteiger partial charge in [-0.05, 0) is 36.8 Å². The van der Waals surface area contributed by atoms with E-state index < -0.39 is 0 Å². The van der Waals surface area contributed by atoms with Crippen molar-refractivity contribution in [3.63, 3.8) is 0 Å². The van der Waals surface area contributed by atoms with Gasteiger partial charge in [-0.25, -0.2) is 0 Å². The second kappa shape index (κ2) is 7.64. The summed E-state index contributed by atoms with van der Waals surface area (Å²) in [7, 11) is 3.96. The van der Waals surface area contributed by atoms with Crippen molar-refractivity contribution < 1.29 is 0 Å². The van der Waals surface area contributed by atoms with Crippen LogP contribution >= 0.6 is 0 Å². The van der Waals surface area contributed by atoms with Crippen LogP contribution in [0, 0.1) is 11.8 Å². The fraction of sp³-hybridized carbons (Fsp3) is 0.611. The van der Waals surface area contributed by atoms with Crippen molar-refractivity contribution in [2.45, 2.75) is 39.2 Å². The molecule has 130 valence electrons. The smallest absolute Gasteiger partial charge is 0.193 e. The van der Waals surface area contributed by atoms with Gasteiger partial charge in [0, 0.05) is 26.8 Å². The molecule has 0 radical (unpaired) electrons. The third-order valence-electron chi connectivity index (χ3n) is 5.03. The van der Waals surface area contributed by atoms with Gasteiger partial charge < -0.3 is 10.2 Å². The van der Waals surface area contributed by atoms with E-state index in [0.29, 0.717) is 6.54 Å². The summed E-state index contributed by atoms with van der Waals surface area (Å²) in [5.41, 5.74) is 0.869. The lowest BCUT2D eigenvalue weighted by molar-refractivity contribution is 0.250. The normalized spacial score (nSPS) is 21.9. The van der Waals surface area contributed by atoms with Crippen molar-refractivity contribution in [2.75, 3.05) is 20.6 Å².